The van der Waals surface area contributed by atoms with Gasteiger partial charge in [0.2, 0.25) is 5.95 Å². The SMILES string of the molecule is COCCN(C(=O)O)c1nc2ccc(-c3n[nH]c(=O)c4cccc(C)c34)cc2[nH]1. The molecule has 148 valence electrons. The van der Waals surface area contributed by atoms with Crippen LogP contribution in [0.5, 0.6) is 0 Å². The van der Waals surface area contributed by atoms with E-state index in [9.17, 15) is 14.7 Å². The van der Waals surface area contributed by atoms with Crippen LogP contribution in [-0.4, -0.2) is 51.6 Å². The number of aromatic amines is 2. The first kappa shape index (κ1) is 18.6. The van der Waals surface area contributed by atoms with Gasteiger partial charge in [-0.3, -0.25) is 4.79 Å². The molecule has 2 aromatic carbocycles. The van der Waals surface area contributed by atoms with Crippen molar-refractivity contribution in [3.63, 3.8) is 0 Å². The van der Waals surface area contributed by atoms with Crippen molar-refractivity contribution in [1.29, 1.82) is 0 Å². The molecule has 3 N–H and O–H groups in total. The van der Waals surface area contributed by atoms with Crippen LogP contribution >= 0.6 is 0 Å². The van der Waals surface area contributed by atoms with Gasteiger partial charge in [-0.05, 0) is 30.7 Å². The zero-order valence-corrected chi connectivity index (χ0v) is 15.9. The Kier molecular flexibility index (Phi) is 4.73. The first-order valence-corrected chi connectivity index (χ1v) is 8.97. The van der Waals surface area contributed by atoms with Gasteiger partial charge in [0.1, 0.15) is 0 Å². The van der Waals surface area contributed by atoms with E-state index in [2.05, 4.69) is 20.2 Å². The highest BCUT2D eigenvalue weighted by molar-refractivity contribution is 5.98. The Morgan fingerprint density at radius 1 is 1.28 bits per heavy atom. The number of benzene rings is 2. The molecule has 2 aromatic heterocycles. The van der Waals surface area contributed by atoms with Gasteiger partial charge in [0, 0.05) is 18.1 Å². The zero-order valence-electron chi connectivity index (χ0n) is 15.9. The fourth-order valence-electron chi connectivity index (χ4n) is 3.35. The maximum Gasteiger partial charge on any atom is 0.414 e. The number of H-pyrrole nitrogens is 2. The Balaban J connectivity index is 1.83. The van der Waals surface area contributed by atoms with E-state index in [-0.39, 0.29) is 24.7 Å². The minimum absolute atomic E-state index is 0.157. The summed E-state index contributed by atoms with van der Waals surface area (Å²) in [5, 5.41) is 17.6. The number of ether oxygens (including phenoxy) is 1. The summed E-state index contributed by atoms with van der Waals surface area (Å²) in [6.07, 6.45) is -1.12. The summed E-state index contributed by atoms with van der Waals surface area (Å²) < 4.78 is 4.97. The first-order chi connectivity index (χ1) is 14.0. The zero-order chi connectivity index (χ0) is 20.5. The van der Waals surface area contributed by atoms with Crippen LogP contribution in [0.3, 0.4) is 0 Å². The average molecular weight is 393 g/mol. The number of carbonyl (C=O) groups is 1. The highest BCUT2D eigenvalue weighted by Crippen LogP contribution is 2.29. The van der Waals surface area contributed by atoms with E-state index in [1.165, 1.54) is 7.11 Å². The van der Waals surface area contributed by atoms with Gasteiger partial charge in [0.15, 0.2) is 0 Å². The molecule has 0 atom stereocenters. The summed E-state index contributed by atoms with van der Waals surface area (Å²) >= 11 is 0. The highest BCUT2D eigenvalue weighted by Gasteiger charge is 2.19. The molecule has 4 aromatic rings. The smallest absolute Gasteiger partial charge is 0.414 e. The molecule has 0 radical (unpaired) electrons. The van der Waals surface area contributed by atoms with Crippen molar-refractivity contribution in [1.82, 2.24) is 20.2 Å². The monoisotopic (exact) mass is 393 g/mol. The van der Waals surface area contributed by atoms with E-state index in [4.69, 9.17) is 4.74 Å². The normalized spacial score (nSPS) is 11.2. The summed E-state index contributed by atoms with van der Waals surface area (Å²) in [6.45, 7) is 2.34. The lowest BCUT2D eigenvalue weighted by atomic mass is 10.0. The summed E-state index contributed by atoms with van der Waals surface area (Å²) in [4.78, 5) is 32.2. The van der Waals surface area contributed by atoms with Crippen LogP contribution in [0.4, 0.5) is 10.7 Å². The van der Waals surface area contributed by atoms with Crippen LogP contribution < -0.4 is 10.5 Å². The molecule has 0 fully saturated rings. The third-order valence-corrected chi connectivity index (χ3v) is 4.77. The Hall–Kier alpha value is -3.72. The number of rotatable bonds is 5. The van der Waals surface area contributed by atoms with E-state index >= 15 is 0 Å². The lowest BCUT2D eigenvalue weighted by molar-refractivity contribution is 0.186. The molecule has 0 saturated carbocycles. The van der Waals surface area contributed by atoms with E-state index in [0.717, 1.165) is 21.4 Å². The van der Waals surface area contributed by atoms with Crippen molar-refractivity contribution >= 4 is 33.8 Å². The Labute approximate surface area is 165 Å². The molecule has 1 amide bonds. The summed E-state index contributed by atoms with van der Waals surface area (Å²) in [5.74, 6) is 0.220. The lowest BCUT2D eigenvalue weighted by Crippen LogP contribution is -2.33. The third kappa shape index (κ3) is 3.32. The summed E-state index contributed by atoms with van der Waals surface area (Å²) in [7, 11) is 1.51. The van der Waals surface area contributed by atoms with Crippen LogP contribution in [0.15, 0.2) is 41.2 Å². The quantitative estimate of drug-likeness (QED) is 0.479. The molecule has 29 heavy (non-hydrogen) atoms. The second-order valence-electron chi connectivity index (χ2n) is 6.62. The van der Waals surface area contributed by atoms with Gasteiger partial charge in [0.25, 0.3) is 5.56 Å². The maximum absolute atomic E-state index is 12.1. The third-order valence-electron chi connectivity index (χ3n) is 4.77. The molecule has 9 heteroatoms. The summed E-state index contributed by atoms with van der Waals surface area (Å²) in [5.41, 5.74) is 3.41. The number of hydrogen-bond donors (Lipinski definition) is 3. The van der Waals surface area contributed by atoms with E-state index in [0.29, 0.717) is 22.1 Å². The molecule has 0 spiro atoms. The molecule has 0 saturated heterocycles. The predicted octanol–water partition coefficient (Wildman–Crippen LogP) is 2.91. The molecule has 0 aliphatic carbocycles. The largest absolute Gasteiger partial charge is 0.465 e. The Bertz CT molecular complexity index is 1280. The number of methoxy groups -OCH3 is 1. The van der Waals surface area contributed by atoms with E-state index in [1.807, 2.05) is 31.2 Å². The van der Waals surface area contributed by atoms with E-state index < -0.39 is 6.09 Å². The van der Waals surface area contributed by atoms with Crippen molar-refractivity contribution in [3.8, 4) is 11.3 Å². The average Bonchev–Trinajstić information content (AvgIpc) is 3.12. The molecular formula is C20H19N5O4. The molecule has 9 nitrogen and oxygen atoms in total. The molecular weight excluding hydrogens is 374 g/mol. The standard InChI is InChI=1S/C20H19N5O4/c1-11-4-3-5-13-16(11)17(23-24-18(13)26)12-6-7-14-15(10-12)22-19(21-14)25(20(27)28)8-9-29-2/h3-7,10H,8-9H2,1-2H3,(H,21,22)(H,24,26)(H,27,28). The van der Waals surface area contributed by atoms with Crippen molar-refractivity contribution in [2.24, 2.45) is 0 Å². The van der Waals surface area contributed by atoms with Gasteiger partial charge in [-0.15, -0.1) is 0 Å². The van der Waals surface area contributed by atoms with Gasteiger partial charge in [-0.25, -0.2) is 19.8 Å². The number of aromatic nitrogens is 4. The van der Waals surface area contributed by atoms with Gasteiger partial charge < -0.3 is 14.8 Å². The molecule has 0 bridgehead atoms. The van der Waals surface area contributed by atoms with Crippen LogP contribution in [0.1, 0.15) is 5.56 Å². The number of anilines is 1. The number of imidazole rings is 1. The van der Waals surface area contributed by atoms with Crippen LogP contribution in [-0.2, 0) is 4.74 Å². The molecule has 2 heterocycles. The minimum atomic E-state index is -1.12. The van der Waals surface area contributed by atoms with Crippen molar-refractivity contribution < 1.29 is 14.6 Å². The van der Waals surface area contributed by atoms with Gasteiger partial charge in [-0.2, -0.15) is 5.10 Å². The number of aryl methyl sites for hydroxylation is 1. The fourth-order valence-corrected chi connectivity index (χ4v) is 3.35. The number of amides is 1. The first-order valence-electron chi connectivity index (χ1n) is 8.97. The molecule has 0 unspecified atom stereocenters. The lowest BCUT2D eigenvalue weighted by Gasteiger charge is -2.14. The molecule has 0 aliphatic rings. The number of nitrogens with zero attached hydrogens (tertiary/aromatic N) is 3. The highest BCUT2D eigenvalue weighted by atomic mass is 16.5. The Morgan fingerprint density at radius 2 is 2.10 bits per heavy atom. The van der Waals surface area contributed by atoms with E-state index in [1.54, 1.807) is 12.1 Å². The maximum atomic E-state index is 12.1. The van der Waals surface area contributed by atoms with Crippen molar-refractivity contribution in [2.75, 3.05) is 25.2 Å². The van der Waals surface area contributed by atoms with Gasteiger partial charge in [-0.1, -0.05) is 18.2 Å². The second-order valence-corrected chi connectivity index (χ2v) is 6.62. The fraction of sp³-hybridized carbons (Fsp3) is 0.200. The number of fused-ring (bicyclic) bond motifs is 2. The topological polar surface area (TPSA) is 124 Å². The Morgan fingerprint density at radius 3 is 2.86 bits per heavy atom. The summed E-state index contributed by atoms with van der Waals surface area (Å²) in [6, 6.07) is 11.0. The minimum Gasteiger partial charge on any atom is -0.465 e. The number of nitrogens with one attached hydrogen (secondary N) is 2. The second kappa shape index (κ2) is 7.36. The molecule has 0 aliphatic heterocycles. The molecule has 4 rings (SSSR count). The number of carboxylic acid groups (broad SMARTS) is 1. The van der Waals surface area contributed by atoms with Crippen LogP contribution in [0.25, 0.3) is 33.1 Å². The number of hydrogen-bond acceptors (Lipinski definition) is 5. The van der Waals surface area contributed by atoms with Gasteiger partial charge >= 0.3 is 6.09 Å². The van der Waals surface area contributed by atoms with Crippen molar-refractivity contribution in [3.05, 3.63) is 52.3 Å². The predicted molar refractivity (Wildman–Crippen MR) is 109 cm³/mol. The van der Waals surface area contributed by atoms with Crippen molar-refractivity contribution in [2.45, 2.75) is 6.92 Å². The van der Waals surface area contributed by atoms with Crippen LogP contribution in [0.2, 0.25) is 0 Å². The van der Waals surface area contributed by atoms with Crippen LogP contribution in [0, 0.1) is 6.92 Å². The van der Waals surface area contributed by atoms with Gasteiger partial charge in [0.05, 0.1) is 35.3 Å².